The average Bonchev–Trinajstić information content (AvgIpc) is 2.26. The van der Waals surface area contributed by atoms with Gasteiger partial charge in [-0.3, -0.25) is 0 Å². The molecule has 1 rings (SSSR count). The second-order valence-corrected chi connectivity index (χ2v) is 8.41. The van der Waals surface area contributed by atoms with Crippen LogP contribution in [0.25, 0.3) is 0 Å². The van der Waals surface area contributed by atoms with Crippen LogP contribution in [-0.4, -0.2) is 20.9 Å². The molecule has 0 saturated heterocycles. The van der Waals surface area contributed by atoms with Gasteiger partial charge >= 0.3 is 105 Å². The van der Waals surface area contributed by atoms with Gasteiger partial charge in [0.15, 0.2) is 0 Å². The SMILES string of the molecule is CCCCCCC(C)[Te]c1ccccc1. The number of benzene rings is 1. The molecule has 0 N–H and O–H groups in total. The summed E-state index contributed by atoms with van der Waals surface area (Å²) in [6.45, 7) is 4.71. The summed E-state index contributed by atoms with van der Waals surface area (Å²) in [6.07, 6.45) is 7.08. The van der Waals surface area contributed by atoms with Crippen LogP contribution in [0.3, 0.4) is 0 Å². The van der Waals surface area contributed by atoms with Crippen molar-refractivity contribution in [1.82, 2.24) is 0 Å². The van der Waals surface area contributed by atoms with Gasteiger partial charge in [-0.25, -0.2) is 0 Å². The molecule has 0 fully saturated rings. The van der Waals surface area contributed by atoms with Crippen LogP contribution in [0.15, 0.2) is 30.3 Å². The normalized spacial score (nSPS) is 12.7. The molecule has 1 heteroatoms. The Morgan fingerprint density at radius 2 is 1.80 bits per heavy atom. The molecule has 0 nitrogen and oxygen atoms in total. The van der Waals surface area contributed by atoms with Gasteiger partial charge in [-0.15, -0.1) is 0 Å². The third-order valence-corrected chi connectivity index (χ3v) is 5.92. The molecule has 15 heavy (non-hydrogen) atoms. The van der Waals surface area contributed by atoms with Crippen molar-refractivity contribution >= 4 is 24.5 Å². The molecule has 1 aromatic carbocycles. The molecule has 0 amide bonds. The van der Waals surface area contributed by atoms with E-state index in [1.165, 1.54) is 32.1 Å². The van der Waals surface area contributed by atoms with Crippen LogP contribution in [0.5, 0.6) is 0 Å². The van der Waals surface area contributed by atoms with Crippen LogP contribution < -0.4 is 3.61 Å². The number of unbranched alkanes of at least 4 members (excludes halogenated alkanes) is 3. The minimum atomic E-state index is 0.0596. The van der Waals surface area contributed by atoms with Gasteiger partial charge in [0.05, 0.1) is 0 Å². The molecule has 1 aromatic rings. The second-order valence-electron chi connectivity index (χ2n) is 4.09. The predicted octanol–water partition coefficient (Wildman–Crippen LogP) is 3.79. The molecular weight excluding hydrogens is 296 g/mol. The predicted molar refractivity (Wildman–Crippen MR) is 70.0 cm³/mol. The Labute approximate surface area is 105 Å². The van der Waals surface area contributed by atoms with Crippen molar-refractivity contribution in [3.05, 3.63) is 30.3 Å². The Kier molecular flexibility index (Phi) is 7.14. The molecule has 0 bridgehead atoms. The maximum absolute atomic E-state index is 2.43. The van der Waals surface area contributed by atoms with Crippen molar-refractivity contribution in [2.45, 2.75) is 49.9 Å². The average molecular weight is 318 g/mol. The first-order valence-electron chi connectivity index (χ1n) is 6.04. The molecule has 84 valence electrons. The maximum atomic E-state index is 2.43. The van der Waals surface area contributed by atoms with Gasteiger partial charge < -0.3 is 0 Å². The molecule has 0 saturated carbocycles. The molecule has 0 aliphatic heterocycles. The number of hydrogen-bond acceptors (Lipinski definition) is 0. The van der Waals surface area contributed by atoms with Crippen molar-refractivity contribution < 1.29 is 0 Å². The Balaban J connectivity index is 2.16. The van der Waals surface area contributed by atoms with Crippen molar-refractivity contribution in [3.8, 4) is 0 Å². The van der Waals surface area contributed by atoms with E-state index in [4.69, 9.17) is 0 Å². The zero-order valence-corrected chi connectivity index (χ0v) is 12.2. The number of hydrogen-bond donors (Lipinski definition) is 0. The fraction of sp³-hybridized carbons (Fsp3) is 0.571. The summed E-state index contributed by atoms with van der Waals surface area (Å²) in [7, 11) is 0. The molecular formula is C14H22Te. The summed E-state index contributed by atoms with van der Waals surface area (Å²) in [5.74, 6) is 0. The summed E-state index contributed by atoms with van der Waals surface area (Å²) >= 11 is 0.0596. The van der Waals surface area contributed by atoms with E-state index < -0.39 is 0 Å². The van der Waals surface area contributed by atoms with E-state index in [-0.39, 0.29) is 20.9 Å². The van der Waals surface area contributed by atoms with E-state index in [2.05, 4.69) is 44.2 Å². The zero-order valence-electron chi connectivity index (χ0n) is 9.91. The third kappa shape index (κ3) is 6.23. The van der Waals surface area contributed by atoms with Gasteiger partial charge in [0.1, 0.15) is 0 Å². The minimum absolute atomic E-state index is 0.0596. The van der Waals surface area contributed by atoms with Crippen LogP contribution in [0, 0.1) is 0 Å². The van der Waals surface area contributed by atoms with E-state index in [1.807, 2.05) is 0 Å². The van der Waals surface area contributed by atoms with Crippen molar-refractivity contribution in [2.75, 3.05) is 0 Å². The van der Waals surface area contributed by atoms with E-state index in [9.17, 15) is 0 Å². The van der Waals surface area contributed by atoms with Crippen LogP contribution >= 0.6 is 0 Å². The summed E-state index contributed by atoms with van der Waals surface area (Å²) in [5, 5.41) is 0. The van der Waals surface area contributed by atoms with Crippen LogP contribution in [0.1, 0.15) is 46.0 Å². The topological polar surface area (TPSA) is 0 Å². The summed E-state index contributed by atoms with van der Waals surface area (Å²) in [4.78, 5) is 0. The first-order valence-corrected chi connectivity index (χ1v) is 8.55. The van der Waals surface area contributed by atoms with Crippen LogP contribution in [0.4, 0.5) is 0 Å². The zero-order chi connectivity index (χ0) is 10.9. The third-order valence-electron chi connectivity index (χ3n) is 2.54. The Hall–Kier alpha value is 0.00961. The Morgan fingerprint density at radius 3 is 2.47 bits per heavy atom. The molecule has 0 aromatic heterocycles. The quantitative estimate of drug-likeness (QED) is 0.530. The first kappa shape index (κ1) is 13.1. The van der Waals surface area contributed by atoms with Crippen molar-refractivity contribution in [3.63, 3.8) is 0 Å². The van der Waals surface area contributed by atoms with Crippen LogP contribution in [0.2, 0.25) is 3.97 Å². The summed E-state index contributed by atoms with van der Waals surface area (Å²) in [6, 6.07) is 11.0. The number of rotatable bonds is 7. The fourth-order valence-corrected chi connectivity index (χ4v) is 4.68. The van der Waals surface area contributed by atoms with Gasteiger partial charge in [-0.2, -0.15) is 0 Å². The van der Waals surface area contributed by atoms with E-state index in [1.54, 1.807) is 3.61 Å². The van der Waals surface area contributed by atoms with Gasteiger partial charge in [0.25, 0.3) is 0 Å². The van der Waals surface area contributed by atoms with Gasteiger partial charge in [-0.1, -0.05) is 0 Å². The Morgan fingerprint density at radius 1 is 1.07 bits per heavy atom. The van der Waals surface area contributed by atoms with E-state index in [0.29, 0.717) is 0 Å². The van der Waals surface area contributed by atoms with Crippen LogP contribution in [-0.2, 0) is 0 Å². The Bertz CT molecular complexity index is 243. The molecule has 0 spiro atoms. The van der Waals surface area contributed by atoms with Gasteiger partial charge in [-0.05, 0) is 0 Å². The molecule has 0 radical (unpaired) electrons. The van der Waals surface area contributed by atoms with Gasteiger partial charge in [0, 0.05) is 0 Å². The van der Waals surface area contributed by atoms with Gasteiger partial charge in [0.2, 0.25) is 0 Å². The van der Waals surface area contributed by atoms with E-state index in [0.717, 1.165) is 3.97 Å². The monoisotopic (exact) mass is 320 g/mol. The molecule has 1 atom stereocenters. The molecule has 0 heterocycles. The van der Waals surface area contributed by atoms with E-state index >= 15 is 0 Å². The molecule has 1 unspecified atom stereocenters. The standard InChI is InChI=1S/C14H22Te/c1-3-4-5-7-10-13(2)15-14-11-8-6-9-12-14/h6,8-9,11-13H,3-5,7,10H2,1-2H3. The fourth-order valence-electron chi connectivity index (χ4n) is 1.65. The first-order chi connectivity index (χ1) is 7.33. The summed E-state index contributed by atoms with van der Waals surface area (Å²) in [5.41, 5.74) is 0. The second kappa shape index (κ2) is 8.20. The van der Waals surface area contributed by atoms with Crippen molar-refractivity contribution in [1.29, 1.82) is 0 Å². The molecule has 0 aliphatic carbocycles. The molecule has 0 aliphatic rings. The summed E-state index contributed by atoms with van der Waals surface area (Å²) < 4.78 is 2.58. The van der Waals surface area contributed by atoms with Crippen molar-refractivity contribution in [2.24, 2.45) is 0 Å².